The molecule has 0 aromatic rings. The van der Waals surface area contributed by atoms with Gasteiger partial charge in [0.1, 0.15) is 9.84 Å². The van der Waals surface area contributed by atoms with Gasteiger partial charge in [0.2, 0.25) is 0 Å². The molecule has 0 amide bonds. The van der Waals surface area contributed by atoms with E-state index in [0.717, 1.165) is 19.3 Å². The van der Waals surface area contributed by atoms with E-state index < -0.39 is 9.84 Å². The zero-order valence-electron chi connectivity index (χ0n) is 6.84. The number of nitrogens with two attached hydrogens (primary N) is 1. The molecular weight excluding hydrogens is 162 g/mol. The summed E-state index contributed by atoms with van der Waals surface area (Å²) in [4.78, 5) is 0. The molecule has 0 saturated heterocycles. The van der Waals surface area contributed by atoms with Gasteiger partial charge in [-0.05, 0) is 31.2 Å². The van der Waals surface area contributed by atoms with Crippen molar-refractivity contribution in [1.82, 2.24) is 0 Å². The number of hydrogen-bond donors (Lipinski definition) is 1. The summed E-state index contributed by atoms with van der Waals surface area (Å²) >= 11 is 0. The molecule has 0 spiro atoms. The molecule has 1 aliphatic carbocycles. The second-order valence-corrected chi connectivity index (χ2v) is 5.75. The zero-order valence-corrected chi connectivity index (χ0v) is 7.65. The van der Waals surface area contributed by atoms with E-state index in [1.807, 2.05) is 0 Å². The van der Waals surface area contributed by atoms with Crippen molar-refractivity contribution in [1.29, 1.82) is 0 Å². The Balaban J connectivity index is 2.48. The second kappa shape index (κ2) is 2.75. The standard InChI is InChI=1S/C7H15NO2S/c1-11(9,10)6-7(2-3-7)4-5-8/h2-6,8H2,1H3. The van der Waals surface area contributed by atoms with Gasteiger partial charge < -0.3 is 5.73 Å². The lowest BCUT2D eigenvalue weighted by Crippen LogP contribution is -2.19. The first-order chi connectivity index (χ1) is 4.97. The van der Waals surface area contributed by atoms with E-state index in [2.05, 4.69) is 0 Å². The van der Waals surface area contributed by atoms with Crippen LogP contribution < -0.4 is 5.73 Å². The fourth-order valence-electron chi connectivity index (χ4n) is 1.51. The van der Waals surface area contributed by atoms with E-state index in [0.29, 0.717) is 12.3 Å². The van der Waals surface area contributed by atoms with Gasteiger partial charge in [0.25, 0.3) is 0 Å². The summed E-state index contributed by atoms with van der Waals surface area (Å²) in [6.45, 7) is 0.607. The van der Waals surface area contributed by atoms with Crippen molar-refractivity contribution in [3.63, 3.8) is 0 Å². The Bertz CT molecular complexity index is 229. The second-order valence-electron chi connectivity index (χ2n) is 3.61. The van der Waals surface area contributed by atoms with Crippen LogP contribution in [0.5, 0.6) is 0 Å². The highest BCUT2D eigenvalue weighted by molar-refractivity contribution is 7.90. The van der Waals surface area contributed by atoms with Gasteiger partial charge in [-0.2, -0.15) is 0 Å². The third-order valence-electron chi connectivity index (χ3n) is 2.20. The Hall–Kier alpha value is -0.0900. The highest BCUT2D eigenvalue weighted by Crippen LogP contribution is 2.49. The minimum absolute atomic E-state index is 0.0718. The van der Waals surface area contributed by atoms with Crippen molar-refractivity contribution < 1.29 is 8.42 Å². The average molecular weight is 177 g/mol. The molecule has 0 radical (unpaired) electrons. The molecular formula is C7H15NO2S. The summed E-state index contributed by atoms with van der Waals surface area (Å²) < 4.78 is 21.8. The van der Waals surface area contributed by atoms with Crippen molar-refractivity contribution in [2.75, 3.05) is 18.6 Å². The quantitative estimate of drug-likeness (QED) is 0.665. The van der Waals surface area contributed by atoms with Crippen molar-refractivity contribution >= 4 is 9.84 Å². The predicted molar refractivity (Wildman–Crippen MR) is 45.0 cm³/mol. The van der Waals surface area contributed by atoms with Gasteiger partial charge >= 0.3 is 0 Å². The molecule has 0 unspecified atom stereocenters. The molecule has 0 bridgehead atoms. The first-order valence-corrected chi connectivity index (χ1v) is 5.91. The van der Waals surface area contributed by atoms with E-state index in [-0.39, 0.29) is 5.41 Å². The molecule has 66 valence electrons. The Kier molecular flexibility index (Phi) is 2.25. The summed E-state index contributed by atoms with van der Waals surface area (Å²) in [5.41, 5.74) is 5.45. The lowest BCUT2D eigenvalue weighted by atomic mass is 10.1. The van der Waals surface area contributed by atoms with Gasteiger partial charge in [-0.25, -0.2) is 8.42 Å². The molecule has 3 nitrogen and oxygen atoms in total. The molecule has 0 atom stereocenters. The maximum Gasteiger partial charge on any atom is 0.148 e. The maximum atomic E-state index is 10.9. The van der Waals surface area contributed by atoms with E-state index in [1.54, 1.807) is 0 Å². The van der Waals surface area contributed by atoms with Gasteiger partial charge in [0, 0.05) is 6.26 Å². The Morgan fingerprint density at radius 1 is 1.45 bits per heavy atom. The van der Waals surface area contributed by atoms with Crippen LogP contribution in [0.3, 0.4) is 0 Å². The summed E-state index contributed by atoms with van der Waals surface area (Å²) in [5, 5.41) is 0. The number of hydrogen-bond acceptors (Lipinski definition) is 3. The summed E-state index contributed by atoms with van der Waals surface area (Å²) in [6, 6.07) is 0. The van der Waals surface area contributed by atoms with E-state index in [4.69, 9.17) is 5.73 Å². The Morgan fingerprint density at radius 3 is 2.27 bits per heavy atom. The van der Waals surface area contributed by atoms with Crippen LogP contribution in [0.25, 0.3) is 0 Å². The monoisotopic (exact) mass is 177 g/mol. The van der Waals surface area contributed by atoms with Crippen molar-refractivity contribution in [3.8, 4) is 0 Å². The number of rotatable bonds is 4. The molecule has 2 N–H and O–H groups in total. The van der Waals surface area contributed by atoms with Crippen LogP contribution in [-0.2, 0) is 9.84 Å². The zero-order chi connectivity index (χ0) is 8.54. The molecule has 0 aliphatic heterocycles. The predicted octanol–water partition coefficient (Wildman–Crippen LogP) is 0.160. The molecule has 1 aliphatic rings. The Morgan fingerprint density at radius 2 is 2.00 bits per heavy atom. The van der Waals surface area contributed by atoms with Crippen molar-refractivity contribution in [2.24, 2.45) is 11.1 Å². The van der Waals surface area contributed by atoms with Crippen LogP contribution in [0, 0.1) is 5.41 Å². The van der Waals surface area contributed by atoms with Gasteiger partial charge in [-0.1, -0.05) is 0 Å². The van der Waals surface area contributed by atoms with E-state index in [9.17, 15) is 8.42 Å². The Labute approximate surface area is 67.9 Å². The van der Waals surface area contributed by atoms with E-state index in [1.165, 1.54) is 6.26 Å². The molecule has 1 rings (SSSR count). The summed E-state index contributed by atoms with van der Waals surface area (Å²) in [7, 11) is -2.80. The third-order valence-corrected chi connectivity index (χ3v) is 3.34. The van der Waals surface area contributed by atoms with Gasteiger partial charge in [-0.3, -0.25) is 0 Å². The highest BCUT2D eigenvalue weighted by Gasteiger charge is 2.43. The van der Waals surface area contributed by atoms with Gasteiger partial charge in [0.05, 0.1) is 5.75 Å². The van der Waals surface area contributed by atoms with Crippen LogP contribution in [0.1, 0.15) is 19.3 Å². The van der Waals surface area contributed by atoms with Crippen LogP contribution in [0.15, 0.2) is 0 Å². The van der Waals surface area contributed by atoms with Crippen LogP contribution in [0.2, 0.25) is 0 Å². The summed E-state index contributed by atoms with van der Waals surface area (Å²) in [6.07, 6.45) is 4.23. The topological polar surface area (TPSA) is 60.2 Å². The van der Waals surface area contributed by atoms with Crippen LogP contribution in [-0.4, -0.2) is 27.0 Å². The lowest BCUT2D eigenvalue weighted by Gasteiger charge is -2.10. The van der Waals surface area contributed by atoms with Crippen molar-refractivity contribution in [3.05, 3.63) is 0 Å². The molecule has 4 heteroatoms. The van der Waals surface area contributed by atoms with E-state index >= 15 is 0 Å². The van der Waals surface area contributed by atoms with Gasteiger partial charge in [-0.15, -0.1) is 0 Å². The molecule has 1 saturated carbocycles. The first-order valence-electron chi connectivity index (χ1n) is 3.85. The number of sulfone groups is 1. The average Bonchev–Trinajstić information content (AvgIpc) is 2.44. The minimum atomic E-state index is -2.80. The molecule has 1 fully saturated rings. The SMILES string of the molecule is CS(=O)(=O)CC1(CCN)CC1. The molecule has 11 heavy (non-hydrogen) atoms. The molecule has 0 aromatic carbocycles. The summed E-state index contributed by atoms with van der Waals surface area (Å²) in [5.74, 6) is 0.331. The fourth-order valence-corrected chi connectivity index (χ4v) is 3.05. The lowest BCUT2D eigenvalue weighted by molar-refractivity contribution is 0.513. The third kappa shape index (κ3) is 2.79. The normalized spacial score (nSPS) is 21.6. The molecule has 0 aromatic heterocycles. The maximum absolute atomic E-state index is 10.9. The van der Waals surface area contributed by atoms with Crippen LogP contribution >= 0.6 is 0 Å². The molecule has 0 heterocycles. The smallest absolute Gasteiger partial charge is 0.148 e. The van der Waals surface area contributed by atoms with Crippen molar-refractivity contribution in [2.45, 2.75) is 19.3 Å². The largest absolute Gasteiger partial charge is 0.330 e. The minimum Gasteiger partial charge on any atom is -0.330 e. The first kappa shape index (κ1) is 9.00. The van der Waals surface area contributed by atoms with Crippen LogP contribution in [0.4, 0.5) is 0 Å². The van der Waals surface area contributed by atoms with Gasteiger partial charge in [0.15, 0.2) is 0 Å². The fraction of sp³-hybridized carbons (Fsp3) is 1.00. The highest BCUT2D eigenvalue weighted by atomic mass is 32.2.